The molecule has 3 rings (SSSR count). The summed E-state index contributed by atoms with van der Waals surface area (Å²) in [6.45, 7) is 1.53. The average molecular weight is 250 g/mol. The Morgan fingerprint density at radius 2 is 2.41 bits per heavy atom. The van der Waals surface area contributed by atoms with E-state index in [-0.39, 0.29) is 0 Å². The number of nitrogens with zero attached hydrogens (tertiary/aromatic N) is 2. The van der Waals surface area contributed by atoms with Gasteiger partial charge in [0.15, 0.2) is 5.82 Å². The van der Waals surface area contributed by atoms with Crippen molar-refractivity contribution >= 4 is 11.3 Å². The van der Waals surface area contributed by atoms with Crippen LogP contribution in [-0.4, -0.2) is 23.4 Å². The van der Waals surface area contributed by atoms with E-state index in [1.807, 2.05) is 0 Å². The Hall–Kier alpha value is -1.20. The van der Waals surface area contributed by atoms with Crippen LogP contribution in [0.5, 0.6) is 0 Å². The summed E-state index contributed by atoms with van der Waals surface area (Å²) in [4.78, 5) is 4.44. The zero-order valence-corrected chi connectivity index (χ0v) is 10.3. The second-order valence-corrected chi connectivity index (χ2v) is 5.02. The largest absolute Gasteiger partial charge is 0.381 e. The number of aromatic nitrogens is 2. The molecular formula is C12H14N2O2S. The molecule has 1 fully saturated rings. The lowest BCUT2D eigenvalue weighted by Gasteiger charge is -1.97. The summed E-state index contributed by atoms with van der Waals surface area (Å²) in [5.41, 5.74) is 1.33. The van der Waals surface area contributed by atoms with E-state index in [2.05, 4.69) is 27.0 Å². The molecule has 1 saturated heterocycles. The topological polar surface area (TPSA) is 48.2 Å². The van der Waals surface area contributed by atoms with E-state index < -0.39 is 0 Å². The van der Waals surface area contributed by atoms with Crippen molar-refractivity contribution in [1.82, 2.24) is 10.1 Å². The van der Waals surface area contributed by atoms with Crippen LogP contribution in [0.4, 0.5) is 0 Å². The minimum absolute atomic E-state index is 0.327. The van der Waals surface area contributed by atoms with E-state index in [1.54, 1.807) is 11.3 Å². The van der Waals surface area contributed by atoms with Gasteiger partial charge in [0.05, 0.1) is 6.61 Å². The van der Waals surface area contributed by atoms with Gasteiger partial charge in [-0.25, -0.2) is 0 Å². The fraction of sp³-hybridized carbons (Fsp3) is 0.500. The van der Waals surface area contributed by atoms with Gasteiger partial charge in [-0.3, -0.25) is 0 Å². The Balaban J connectivity index is 1.60. The van der Waals surface area contributed by atoms with E-state index in [4.69, 9.17) is 9.26 Å². The molecule has 0 amide bonds. The first-order valence-electron chi connectivity index (χ1n) is 5.83. The summed E-state index contributed by atoms with van der Waals surface area (Å²) in [7, 11) is 0. The number of hydrogen-bond acceptors (Lipinski definition) is 5. The second kappa shape index (κ2) is 4.98. The lowest BCUT2D eigenvalue weighted by molar-refractivity contribution is 0.192. The molecule has 1 atom stereocenters. The van der Waals surface area contributed by atoms with E-state index >= 15 is 0 Å². The van der Waals surface area contributed by atoms with Crippen LogP contribution in [0.15, 0.2) is 21.3 Å². The maximum absolute atomic E-state index is 5.32. The molecule has 0 N–H and O–H groups in total. The first-order chi connectivity index (χ1) is 8.42. The molecule has 4 nitrogen and oxygen atoms in total. The molecule has 0 bridgehead atoms. The SMILES string of the molecule is c1cc(CCc2nc([C@@H]3CCOC3)no2)cs1. The van der Waals surface area contributed by atoms with Crippen LogP contribution in [0.3, 0.4) is 0 Å². The molecule has 0 radical (unpaired) electrons. The maximum Gasteiger partial charge on any atom is 0.226 e. The Kier molecular flexibility index (Phi) is 3.20. The first kappa shape index (κ1) is 10.9. The number of ether oxygens (including phenoxy) is 1. The highest BCUT2D eigenvalue weighted by molar-refractivity contribution is 7.07. The molecule has 2 aromatic rings. The predicted molar refractivity (Wildman–Crippen MR) is 64.2 cm³/mol. The summed E-state index contributed by atoms with van der Waals surface area (Å²) < 4.78 is 10.6. The molecule has 1 aliphatic rings. The van der Waals surface area contributed by atoms with Crippen LogP contribution >= 0.6 is 11.3 Å². The Labute approximate surface area is 104 Å². The molecule has 3 heterocycles. The average Bonchev–Trinajstić information content (AvgIpc) is 3.09. The Morgan fingerprint density at radius 1 is 1.41 bits per heavy atom. The van der Waals surface area contributed by atoms with Gasteiger partial charge in [-0.1, -0.05) is 5.16 Å². The molecule has 2 aromatic heterocycles. The normalized spacial score (nSPS) is 19.9. The van der Waals surface area contributed by atoms with Crippen molar-refractivity contribution in [1.29, 1.82) is 0 Å². The van der Waals surface area contributed by atoms with Gasteiger partial charge in [0, 0.05) is 18.9 Å². The van der Waals surface area contributed by atoms with Crippen molar-refractivity contribution in [2.75, 3.05) is 13.2 Å². The van der Waals surface area contributed by atoms with Gasteiger partial charge in [-0.15, -0.1) is 0 Å². The zero-order chi connectivity index (χ0) is 11.5. The van der Waals surface area contributed by atoms with Gasteiger partial charge < -0.3 is 9.26 Å². The van der Waals surface area contributed by atoms with Gasteiger partial charge in [0.1, 0.15) is 0 Å². The van der Waals surface area contributed by atoms with Crippen molar-refractivity contribution < 1.29 is 9.26 Å². The van der Waals surface area contributed by atoms with Gasteiger partial charge >= 0.3 is 0 Å². The summed E-state index contributed by atoms with van der Waals surface area (Å²) in [6.07, 6.45) is 2.78. The summed E-state index contributed by atoms with van der Waals surface area (Å²) >= 11 is 1.72. The van der Waals surface area contributed by atoms with Crippen LogP contribution in [0.2, 0.25) is 0 Å². The van der Waals surface area contributed by atoms with Crippen LogP contribution in [0.1, 0.15) is 29.6 Å². The molecule has 17 heavy (non-hydrogen) atoms. The number of aryl methyl sites for hydroxylation is 2. The van der Waals surface area contributed by atoms with E-state index in [9.17, 15) is 0 Å². The van der Waals surface area contributed by atoms with Gasteiger partial charge in [-0.2, -0.15) is 16.3 Å². The Bertz CT molecular complexity index is 461. The van der Waals surface area contributed by atoms with Crippen LogP contribution in [-0.2, 0) is 17.6 Å². The van der Waals surface area contributed by atoms with E-state index in [0.29, 0.717) is 5.92 Å². The number of hydrogen-bond donors (Lipinski definition) is 0. The molecule has 0 saturated carbocycles. The first-order valence-corrected chi connectivity index (χ1v) is 6.77. The highest BCUT2D eigenvalue weighted by atomic mass is 32.1. The van der Waals surface area contributed by atoms with Crippen molar-refractivity contribution in [3.8, 4) is 0 Å². The minimum Gasteiger partial charge on any atom is -0.381 e. The predicted octanol–water partition coefficient (Wildman–Crippen LogP) is 2.42. The van der Waals surface area contributed by atoms with Crippen molar-refractivity contribution in [3.05, 3.63) is 34.1 Å². The maximum atomic E-state index is 5.32. The Morgan fingerprint density at radius 3 is 3.18 bits per heavy atom. The molecule has 0 aliphatic carbocycles. The molecule has 1 aliphatic heterocycles. The summed E-state index contributed by atoms with van der Waals surface area (Å²) in [5.74, 6) is 1.87. The van der Waals surface area contributed by atoms with Gasteiger partial charge in [0.25, 0.3) is 0 Å². The van der Waals surface area contributed by atoms with E-state index in [0.717, 1.165) is 44.2 Å². The van der Waals surface area contributed by atoms with Crippen LogP contribution < -0.4 is 0 Å². The standard InChI is InChI=1S/C12H14N2O2S/c1(9-4-6-17-8-9)2-11-13-12(14-16-11)10-3-5-15-7-10/h4,6,8,10H,1-3,5,7H2/t10-/m1/s1. The minimum atomic E-state index is 0.327. The summed E-state index contributed by atoms with van der Waals surface area (Å²) in [5, 5.41) is 8.28. The van der Waals surface area contributed by atoms with Crippen molar-refractivity contribution in [2.24, 2.45) is 0 Å². The third-order valence-electron chi connectivity index (χ3n) is 2.99. The lowest BCUT2D eigenvalue weighted by atomic mass is 10.1. The quantitative estimate of drug-likeness (QED) is 0.836. The second-order valence-electron chi connectivity index (χ2n) is 4.24. The van der Waals surface area contributed by atoms with Gasteiger partial charge in [-0.05, 0) is 35.2 Å². The molecule has 0 aromatic carbocycles. The molecule has 0 spiro atoms. The molecule has 90 valence electrons. The highest BCUT2D eigenvalue weighted by Gasteiger charge is 2.22. The number of thiophene rings is 1. The third kappa shape index (κ3) is 2.56. The monoisotopic (exact) mass is 250 g/mol. The molecule has 5 heteroatoms. The fourth-order valence-electron chi connectivity index (χ4n) is 1.96. The van der Waals surface area contributed by atoms with E-state index in [1.165, 1.54) is 5.56 Å². The zero-order valence-electron chi connectivity index (χ0n) is 9.46. The van der Waals surface area contributed by atoms with Crippen molar-refractivity contribution in [2.45, 2.75) is 25.2 Å². The molecule has 0 unspecified atom stereocenters. The number of rotatable bonds is 4. The molecular weight excluding hydrogens is 236 g/mol. The fourth-order valence-corrected chi connectivity index (χ4v) is 2.66. The highest BCUT2D eigenvalue weighted by Crippen LogP contribution is 2.22. The van der Waals surface area contributed by atoms with Crippen molar-refractivity contribution in [3.63, 3.8) is 0 Å². The van der Waals surface area contributed by atoms with Crippen LogP contribution in [0.25, 0.3) is 0 Å². The van der Waals surface area contributed by atoms with Crippen LogP contribution in [0, 0.1) is 0 Å². The third-order valence-corrected chi connectivity index (χ3v) is 3.72. The van der Waals surface area contributed by atoms with Gasteiger partial charge in [0.2, 0.25) is 5.89 Å². The smallest absolute Gasteiger partial charge is 0.226 e. The lowest BCUT2D eigenvalue weighted by Crippen LogP contribution is -2.00. The summed E-state index contributed by atoms with van der Waals surface area (Å²) in [6, 6.07) is 2.13.